The zero-order chi connectivity index (χ0) is 19.6. The van der Waals surface area contributed by atoms with E-state index in [1.807, 2.05) is 24.3 Å². The molecule has 4 nitrogen and oxygen atoms in total. The molecule has 27 heavy (non-hydrogen) atoms. The highest BCUT2D eigenvalue weighted by Gasteiger charge is 2.13. The van der Waals surface area contributed by atoms with Gasteiger partial charge in [-0.2, -0.15) is 0 Å². The monoisotopic (exact) mass is 365 g/mol. The molecule has 3 aromatic rings. The topological polar surface area (TPSA) is 42.7 Å². The number of nitrogens with zero attached hydrogens (tertiary/aromatic N) is 1. The van der Waals surface area contributed by atoms with Crippen molar-refractivity contribution in [2.45, 2.75) is 39.8 Å². The van der Waals surface area contributed by atoms with E-state index < -0.39 is 0 Å². The first-order valence-electron chi connectivity index (χ1n) is 9.26. The minimum Gasteiger partial charge on any atom is -0.497 e. The Morgan fingerprint density at radius 1 is 1.11 bits per heavy atom. The van der Waals surface area contributed by atoms with Gasteiger partial charge in [-0.25, -0.2) is 4.79 Å². The molecule has 0 unspecified atom stereocenters. The van der Waals surface area contributed by atoms with E-state index in [-0.39, 0.29) is 5.63 Å². The first-order valence-corrected chi connectivity index (χ1v) is 9.26. The second kappa shape index (κ2) is 7.97. The molecule has 0 bridgehead atoms. The average Bonchev–Trinajstić information content (AvgIpc) is 2.60. The van der Waals surface area contributed by atoms with Crippen molar-refractivity contribution in [3.63, 3.8) is 0 Å². The third-order valence-corrected chi connectivity index (χ3v) is 4.87. The average molecular weight is 365 g/mol. The fraction of sp³-hybridized carbons (Fsp3) is 0.348. The Labute approximate surface area is 160 Å². The van der Waals surface area contributed by atoms with Crippen LogP contribution < -0.4 is 10.4 Å². The second-order valence-electron chi connectivity index (χ2n) is 7.47. The van der Waals surface area contributed by atoms with Crippen LogP contribution in [0.15, 0.2) is 51.7 Å². The summed E-state index contributed by atoms with van der Waals surface area (Å²) in [4.78, 5) is 14.2. The van der Waals surface area contributed by atoms with E-state index >= 15 is 0 Å². The van der Waals surface area contributed by atoms with Crippen LogP contribution in [0, 0.1) is 6.92 Å². The maximum atomic E-state index is 12.1. The summed E-state index contributed by atoms with van der Waals surface area (Å²) in [5.74, 6) is 1.27. The van der Waals surface area contributed by atoms with E-state index in [2.05, 4.69) is 44.9 Å². The molecule has 0 spiro atoms. The van der Waals surface area contributed by atoms with Gasteiger partial charge in [0, 0.05) is 24.5 Å². The van der Waals surface area contributed by atoms with Crippen molar-refractivity contribution in [3.05, 3.63) is 75.1 Å². The summed E-state index contributed by atoms with van der Waals surface area (Å²) in [7, 11) is 3.73. The molecule has 142 valence electrons. The van der Waals surface area contributed by atoms with Gasteiger partial charge in [-0.3, -0.25) is 4.90 Å². The van der Waals surface area contributed by atoms with Crippen molar-refractivity contribution >= 4 is 11.0 Å². The van der Waals surface area contributed by atoms with Gasteiger partial charge < -0.3 is 9.15 Å². The molecule has 4 heteroatoms. The highest BCUT2D eigenvalue weighted by atomic mass is 16.5. The summed E-state index contributed by atoms with van der Waals surface area (Å²) >= 11 is 0. The fourth-order valence-electron chi connectivity index (χ4n) is 3.57. The van der Waals surface area contributed by atoms with E-state index in [0.29, 0.717) is 18.0 Å². The molecule has 0 atom stereocenters. The van der Waals surface area contributed by atoms with E-state index in [1.54, 1.807) is 13.2 Å². The lowest BCUT2D eigenvalue weighted by atomic mass is 9.95. The lowest BCUT2D eigenvalue weighted by Gasteiger charge is -2.19. The van der Waals surface area contributed by atoms with Gasteiger partial charge in [0.2, 0.25) is 0 Å². The molecule has 0 aliphatic rings. The molecule has 0 amide bonds. The Hall–Kier alpha value is -2.59. The van der Waals surface area contributed by atoms with Crippen LogP contribution in [0.25, 0.3) is 11.0 Å². The molecule has 0 N–H and O–H groups in total. The van der Waals surface area contributed by atoms with Crippen LogP contribution in [0.5, 0.6) is 5.75 Å². The van der Waals surface area contributed by atoms with E-state index in [1.165, 1.54) is 11.1 Å². The van der Waals surface area contributed by atoms with Gasteiger partial charge in [0.1, 0.15) is 11.3 Å². The smallest absolute Gasteiger partial charge is 0.336 e. The van der Waals surface area contributed by atoms with E-state index in [9.17, 15) is 4.79 Å². The fourth-order valence-corrected chi connectivity index (χ4v) is 3.57. The minimum absolute atomic E-state index is 0.302. The van der Waals surface area contributed by atoms with E-state index in [4.69, 9.17) is 9.15 Å². The predicted octanol–water partition coefficient (Wildman–Crippen LogP) is 4.87. The van der Waals surface area contributed by atoms with E-state index in [0.717, 1.165) is 28.8 Å². The highest BCUT2D eigenvalue weighted by molar-refractivity contribution is 5.82. The zero-order valence-corrected chi connectivity index (χ0v) is 16.7. The molecule has 0 radical (unpaired) electrons. The summed E-state index contributed by atoms with van der Waals surface area (Å²) in [6.45, 7) is 7.86. The first kappa shape index (κ1) is 19.2. The number of rotatable bonds is 6. The normalized spacial score (nSPS) is 11.5. The van der Waals surface area contributed by atoms with Crippen molar-refractivity contribution in [1.82, 2.24) is 4.90 Å². The van der Waals surface area contributed by atoms with Crippen molar-refractivity contribution in [3.8, 4) is 5.75 Å². The number of fused-ring (bicyclic) bond motifs is 1. The van der Waals surface area contributed by atoms with Crippen LogP contribution in [-0.2, 0) is 13.1 Å². The third kappa shape index (κ3) is 4.40. The zero-order valence-electron chi connectivity index (χ0n) is 16.7. The lowest BCUT2D eigenvalue weighted by molar-refractivity contribution is 0.318. The summed E-state index contributed by atoms with van der Waals surface area (Å²) in [6.07, 6.45) is 0. The second-order valence-corrected chi connectivity index (χ2v) is 7.47. The molecule has 1 aromatic heterocycles. The van der Waals surface area contributed by atoms with Gasteiger partial charge in [-0.1, -0.05) is 26.0 Å². The largest absolute Gasteiger partial charge is 0.497 e. The van der Waals surface area contributed by atoms with Crippen molar-refractivity contribution in [1.29, 1.82) is 0 Å². The van der Waals surface area contributed by atoms with Gasteiger partial charge in [-0.05, 0) is 66.4 Å². The van der Waals surface area contributed by atoms with Crippen LogP contribution >= 0.6 is 0 Å². The molecule has 0 saturated heterocycles. The Bertz CT molecular complexity index is 1000. The molecule has 3 rings (SSSR count). The van der Waals surface area contributed by atoms with Crippen molar-refractivity contribution in [2.24, 2.45) is 0 Å². The number of hydrogen-bond acceptors (Lipinski definition) is 4. The summed E-state index contributed by atoms with van der Waals surface area (Å²) in [5, 5.41) is 1.02. The number of methoxy groups -OCH3 is 1. The molecule has 0 aliphatic carbocycles. The van der Waals surface area contributed by atoms with Crippen molar-refractivity contribution < 1.29 is 9.15 Å². The quantitative estimate of drug-likeness (QED) is 0.585. The maximum absolute atomic E-state index is 12.1. The summed E-state index contributed by atoms with van der Waals surface area (Å²) in [5.41, 5.74) is 4.96. The van der Waals surface area contributed by atoms with Crippen LogP contribution in [0.4, 0.5) is 0 Å². The van der Waals surface area contributed by atoms with Gasteiger partial charge in [0.25, 0.3) is 0 Å². The van der Waals surface area contributed by atoms with Crippen LogP contribution in [0.3, 0.4) is 0 Å². The first-order chi connectivity index (χ1) is 12.9. The number of ether oxygens (including phenoxy) is 1. The predicted molar refractivity (Wildman–Crippen MR) is 109 cm³/mol. The summed E-state index contributed by atoms with van der Waals surface area (Å²) < 4.78 is 10.8. The molecular weight excluding hydrogens is 338 g/mol. The molecule has 2 aromatic carbocycles. The number of benzene rings is 2. The highest BCUT2D eigenvalue weighted by Crippen LogP contribution is 2.27. The molecule has 0 saturated carbocycles. The van der Waals surface area contributed by atoms with Gasteiger partial charge in [0.05, 0.1) is 7.11 Å². The Morgan fingerprint density at radius 2 is 1.89 bits per heavy atom. The van der Waals surface area contributed by atoms with Gasteiger partial charge >= 0.3 is 5.63 Å². The van der Waals surface area contributed by atoms with Gasteiger partial charge in [-0.15, -0.1) is 0 Å². The SMILES string of the molecule is COc1cccc(CN(C)Cc2cc(=O)oc3cc(C)c(C(C)C)cc23)c1. The lowest BCUT2D eigenvalue weighted by Crippen LogP contribution is -2.18. The number of aryl methyl sites for hydroxylation is 1. The molecule has 0 fully saturated rings. The standard InChI is InChI=1S/C23H27NO3/c1-15(2)20-12-21-18(11-23(25)27-22(21)9-16(20)3)14-24(4)13-17-7-6-8-19(10-17)26-5/h6-12,15H,13-14H2,1-5H3. The van der Waals surface area contributed by atoms with Crippen LogP contribution in [0.1, 0.15) is 42.0 Å². The van der Waals surface area contributed by atoms with Gasteiger partial charge in [0.15, 0.2) is 0 Å². The third-order valence-electron chi connectivity index (χ3n) is 4.87. The Kier molecular flexibility index (Phi) is 5.66. The van der Waals surface area contributed by atoms with Crippen LogP contribution in [0.2, 0.25) is 0 Å². The molecule has 1 heterocycles. The summed E-state index contributed by atoms with van der Waals surface area (Å²) in [6, 6.07) is 13.8. The number of hydrogen-bond donors (Lipinski definition) is 0. The maximum Gasteiger partial charge on any atom is 0.336 e. The Morgan fingerprint density at radius 3 is 2.59 bits per heavy atom. The molecular formula is C23H27NO3. The minimum atomic E-state index is -0.302. The molecule has 0 aliphatic heterocycles. The van der Waals surface area contributed by atoms with Crippen molar-refractivity contribution in [2.75, 3.05) is 14.2 Å². The van der Waals surface area contributed by atoms with Crippen LogP contribution in [-0.4, -0.2) is 19.1 Å². The Balaban J connectivity index is 1.93.